The van der Waals surface area contributed by atoms with Crippen molar-refractivity contribution in [2.24, 2.45) is 0 Å². The van der Waals surface area contributed by atoms with Gasteiger partial charge in [-0.25, -0.2) is 4.68 Å². The molecule has 0 bridgehead atoms. The molecule has 0 fully saturated rings. The number of carbonyl (C=O) groups is 1. The van der Waals surface area contributed by atoms with E-state index >= 15 is 0 Å². The number of ketones is 1. The van der Waals surface area contributed by atoms with Crippen molar-refractivity contribution >= 4 is 5.78 Å². The van der Waals surface area contributed by atoms with Crippen LogP contribution >= 0.6 is 0 Å². The number of rotatable bonds is 4. The number of hydrogen-bond donors (Lipinski definition) is 0. The van der Waals surface area contributed by atoms with Crippen molar-refractivity contribution in [3.05, 3.63) is 64.1 Å². The summed E-state index contributed by atoms with van der Waals surface area (Å²) in [6.07, 6.45) is 1.90. The van der Waals surface area contributed by atoms with E-state index in [-0.39, 0.29) is 17.8 Å². The largest absolute Gasteiger partial charge is 0.294 e. The first kappa shape index (κ1) is 12.2. The van der Waals surface area contributed by atoms with E-state index in [0.717, 1.165) is 5.56 Å². The highest BCUT2D eigenvalue weighted by atomic mass is 16.1. The zero-order chi connectivity index (χ0) is 13.0. The van der Waals surface area contributed by atoms with Crippen LogP contribution in [-0.4, -0.2) is 15.6 Å². The Balaban J connectivity index is 2.04. The minimum atomic E-state index is -0.170. The lowest BCUT2D eigenvalue weighted by atomic mass is 10.1. The lowest BCUT2D eigenvalue weighted by Crippen LogP contribution is -2.23. The molecular formula is C14H14N2O2. The average Bonchev–Trinajstić information content (AvgIpc) is 2.38. The molecule has 0 unspecified atom stereocenters. The molecule has 0 aliphatic carbocycles. The third-order valence-corrected chi connectivity index (χ3v) is 2.65. The Bertz CT molecular complexity index is 603. The molecule has 4 nitrogen and oxygen atoms in total. The van der Waals surface area contributed by atoms with Crippen LogP contribution in [0.3, 0.4) is 0 Å². The number of Topliss-reactive ketones (excluding diaryl/α,β-unsaturated/α-hetero) is 1. The van der Waals surface area contributed by atoms with Crippen molar-refractivity contribution in [2.75, 3.05) is 0 Å². The van der Waals surface area contributed by atoms with Gasteiger partial charge < -0.3 is 0 Å². The Kier molecular flexibility index (Phi) is 3.67. The van der Waals surface area contributed by atoms with E-state index in [1.165, 1.54) is 10.7 Å². The highest BCUT2D eigenvalue weighted by Crippen LogP contribution is 2.03. The Labute approximate surface area is 105 Å². The van der Waals surface area contributed by atoms with Gasteiger partial charge in [-0.3, -0.25) is 9.59 Å². The normalized spacial score (nSPS) is 10.3. The summed E-state index contributed by atoms with van der Waals surface area (Å²) in [7, 11) is 0. The van der Waals surface area contributed by atoms with Gasteiger partial charge in [0.25, 0.3) is 5.56 Å². The summed E-state index contributed by atoms with van der Waals surface area (Å²) in [6.45, 7) is 2.13. The molecule has 2 rings (SSSR count). The van der Waals surface area contributed by atoms with Gasteiger partial charge in [-0.2, -0.15) is 5.10 Å². The fraction of sp³-hybridized carbons (Fsp3) is 0.214. The topological polar surface area (TPSA) is 52.0 Å². The number of carbonyl (C=O) groups excluding carboxylic acids is 1. The third-order valence-electron chi connectivity index (χ3n) is 2.65. The molecule has 0 radical (unpaired) electrons. The third kappa shape index (κ3) is 2.91. The number of nitrogens with zero attached hydrogens (tertiary/aromatic N) is 2. The standard InChI is InChI=1S/C14H14N2O2/c1-11-9-14(18)16(15-10-11)8-7-13(17)12-5-3-2-4-6-12/h2-6,9-10H,7-8H2,1H3. The monoisotopic (exact) mass is 242 g/mol. The Hall–Kier alpha value is -2.23. The van der Waals surface area contributed by atoms with E-state index in [9.17, 15) is 9.59 Å². The van der Waals surface area contributed by atoms with Crippen molar-refractivity contribution < 1.29 is 4.79 Å². The van der Waals surface area contributed by atoms with E-state index in [0.29, 0.717) is 12.1 Å². The molecule has 92 valence electrons. The van der Waals surface area contributed by atoms with Crippen molar-refractivity contribution in [3.63, 3.8) is 0 Å². The zero-order valence-corrected chi connectivity index (χ0v) is 10.2. The fourth-order valence-electron chi connectivity index (χ4n) is 1.67. The summed E-state index contributed by atoms with van der Waals surface area (Å²) in [5.41, 5.74) is 1.32. The van der Waals surface area contributed by atoms with Crippen LogP contribution in [-0.2, 0) is 6.54 Å². The van der Waals surface area contributed by atoms with Crippen LogP contribution in [0.15, 0.2) is 47.4 Å². The average molecular weight is 242 g/mol. The second kappa shape index (κ2) is 5.40. The molecule has 0 N–H and O–H groups in total. The number of benzene rings is 1. The van der Waals surface area contributed by atoms with Gasteiger partial charge in [-0.1, -0.05) is 30.3 Å². The van der Waals surface area contributed by atoms with Crippen LogP contribution in [0, 0.1) is 6.92 Å². The predicted molar refractivity (Wildman–Crippen MR) is 68.6 cm³/mol. The van der Waals surface area contributed by atoms with E-state index < -0.39 is 0 Å². The molecule has 2 aromatic rings. The van der Waals surface area contributed by atoms with Gasteiger partial charge in [0, 0.05) is 18.1 Å². The lowest BCUT2D eigenvalue weighted by molar-refractivity contribution is 0.0975. The van der Waals surface area contributed by atoms with Crippen molar-refractivity contribution in [2.45, 2.75) is 19.9 Å². The van der Waals surface area contributed by atoms with Crippen LogP contribution in [0.5, 0.6) is 0 Å². The van der Waals surface area contributed by atoms with Crippen molar-refractivity contribution in [1.82, 2.24) is 9.78 Å². The lowest BCUT2D eigenvalue weighted by Gasteiger charge is -2.04. The summed E-state index contributed by atoms with van der Waals surface area (Å²) in [5.74, 6) is 0.0184. The number of hydrogen-bond acceptors (Lipinski definition) is 3. The molecule has 0 amide bonds. The summed E-state index contributed by atoms with van der Waals surface area (Å²) >= 11 is 0. The van der Waals surface area contributed by atoms with Gasteiger partial charge in [0.1, 0.15) is 0 Å². The van der Waals surface area contributed by atoms with Crippen LogP contribution in [0.2, 0.25) is 0 Å². The molecule has 1 aromatic carbocycles. The van der Waals surface area contributed by atoms with Gasteiger partial charge in [-0.15, -0.1) is 0 Å². The number of aryl methyl sites for hydroxylation is 2. The summed E-state index contributed by atoms with van der Waals surface area (Å²) < 4.78 is 1.31. The molecule has 1 heterocycles. The molecule has 0 atom stereocenters. The molecular weight excluding hydrogens is 228 g/mol. The molecule has 4 heteroatoms. The molecule has 0 saturated carbocycles. The van der Waals surface area contributed by atoms with E-state index in [1.54, 1.807) is 18.3 Å². The van der Waals surface area contributed by atoms with Crippen molar-refractivity contribution in [1.29, 1.82) is 0 Å². The quantitative estimate of drug-likeness (QED) is 0.768. The van der Waals surface area contributed by atoms with Gasteiger partial charge in [-0.05, 0) is 12.5 Å². The van der Waals surface area contributed by atoms with Crippen molar-refractivity contribution in [3.8, 4) is 0 Å². The van der Waals surface area contributed by atoms with Gasteiger partial charge >= 0.3 is 0 Å². The van der Waals surface area contributed by atoms with Gasteiger partial charge in [0.05, 0.1) is 12.7 Å². The second-order valence-corrected chi connectivity index (χ2v) is 4.13. The number of aromatic nitrogens is 2. The predicted octanol–water partition coefficient (Wildman–Crippen LogP) is 1.82. The highest BCUT2D eigenvalue weighted by molar-refractivity contribution is 5.95. The molecule has 1 aromatic heterocycles. The van der Waals surface area contributed by atoms with Crippen LogP contribution in [0.1, 0.15) is 22.3 Å². The first-order chi connectivity index (χ1) is 8.66. The second-order valence-electron chi connectivity index (χ2n) is 4.13. The van der Waals surface area contributed by atoms with Crippen LogP contribution in [0.25, 0.3) is 0 Å². The smallest absolute Gasteiger partial charge is 0.266 e. The van der Waals surface area contributed by atoms with E-state index in [1.807, 2.05) is 25.1 Å². The fourth-order valence-corrected chi connectivity index (χ4v) is 1.67. The van der Waals surface area contributed by atoms with Gasteiger partial charge in [0.2, 0.25) is 0 Å². The van der Waals surface area contributed by atoms with Crippen LogP contribution < -0.4 is 5.56 Å². The highest BCUT2D eigenvalue weighted by Gasteiger charge is 2.06. The minimum absolute atomic E-state index is 0.0184. The molecule has 0 saturated heterocycles. The SMILES string of the molecule is Cc1cnn(CCC(=O)c2ccccc2)c(=O)c1. The Morgan fingerprint density at radius 2 is 2.00 bits per heavy atom. The Morgan fingerprint density at radius 1 is 1.28 bits per heavy atom. The first-order valence-electron chi connectivity index (χ1n) is 5.79. The molecule has 18 heavy (non-hydrogen) atoms. The maximum atomic E-state index is 11.9. The summed E-state index contributed by atoms with van der Waals surface area (Å²) in [4.78, 5) is 23.4. The summed E-state index contributed by atoms with van der Waals surface area (Å²) in [6, 6.07) is 10.6. The molecule has 0 spiro atoms. The maximum absolute atomic E-state index is 11.9. The minimum Gasteiger partial charge on any atom is -0.294 e. The first-order valence-corrected chi connectivity index (χ1v) is 5.79. The van der Waals surface area contributed by atoms with Crippen LogP contribution in [0.4, 0.5) is 0 Å². The summed E-state index contributed by atoms with van der Waals surface area (Å²) in [5, 5.41) is 4.00. The zero-order valence-electron chi connectivity index (χ0n) is 10.2. The van der Waals surface area contributed by atoms with E-state index in [2.05, 4.69) is 5.10 Å². The maximum Gasteiger partial charge on any atom is 0.266 e. The molecule has 0 aliphatic heterocycles. The van der Waals surface area contributed by atoms with E-state index in [4.69, 9.17) is 0 Å². The molecule has 0 aliphatic rings. The Morgan fingerprint density at radius 3 is 2.67 bits per heavy atom. The van der Waals surface area contributed by atoms with Gasteiger partial charge in [0.15, 0.2) is 5.78 Å².